The van der Waals surface area contributed by atoms with Gasteiger partial charge in [0.1, 0.15) is 5.75 Å². The molecule has 2 aromatic carbocycles. The number of ether oxygens (including phenoxy) is 1. The van der Waals surface area contributed by atoms with E-state index in [1.165, 1.54) is 47.9 Å². The Morgan fingerprint density at radius 2 is 1.70 bits per heavy atom. The predicted molar refractivity (Wildman–Crippen MR) is 135 cm³/mol. The Bertz CT molecular complexity index is 917. The van der Waals surface area contributed by atoms with Crippen molar-refractivity contribution >= 4 is 5.97 Å². The van der Waals surface area contributed by atoms with E-state index in [9.17, 15) is 4.79 Å². The van der Waals surface area contributed by atoms with Crippen molar-refractivity contribution in [1.29, 1.82) is 0 Å². The zero-order valence-corrected chi connectivity index (χ0v) is 20.9. The van der Waals surface area contributed by atoms with Gasteiger partial charge >= 0.3 is 5.97 Å². The zero-order valence-electron chi connectivity index (χ0n) is 20.9. The van der Waals surface area contributed by atoms with Crippen LogP contribution in [0.25, 0.3) is 0 Å². The van der Waals surface area contributed by atoms with E-state index in [4.69, 9.17) is 9.84 Å². The van der Waals surface area contributed by atoms with E-state index in [0.717, 1.165) is 37.3 Å². The van der Waals surface area contributed by atoms with Crippen LogP contribution in [-0.4, -0.2) is 35.7 Å². The maximum Gasteiger partial charge on any atom is 0.309 e. The third-order valence-electron chi connectivity index (χ3n) is 7.03. The van der Waals surface area contributed by atoms with Crippen molar-refractivity contribution in [2.45, 2.75) is 72.8 Å². The molecule has 4 heteroatoms. The van der Waals surface area contributed by atoms with Gasteiger partial charge in [-0.05, 0) is 79.8 Å². The monoisotopic (exact) mass is 451 g/mol. The second-order valence-electron chi connectivity index (χ2n) is 9.95. The fourth-order valence-electron chi connectivity index (χ4n) is 4.74. The van der Waals surface area contributed by atoms with Gasteiger partial charge in [-0.15, -0.1) is 0 Å². The highest BCUT2D eigenvalue weighted by Crippen LogP contribution is 2.25. The summed E-state index contributed by atoms with van der Waals surface area (Å²) in [5, 5.41) is 9.03. The highest BCUT2D eigenvalue weighted by molar-refractivity contribution is 5.71. The molecule has 1 unspecified atom stereocenters. The topological polar surface area (TPSA) is 49.8 Å². The van der Waals surface area contributed by atoms with Crippen molar-refractivity contribution in [3.63, 3.8) is 0 Å². The van der Waals surface area contributed by atoms with Gasteiger partial charge < -0.3 is 9.84 Å². The molecule has 0 amide bonds. The van der Waals surface area contributed by atoms with Crippen LogP contribution < -0.4 is 4.74 Å². The first kappa shape index (κ1) is 25.3. The molecule has 0 spiro atoms. The fourth-order valence-corrected chi connectivity index (χ4v) is 4.74. The minimum Gasteiger partial charge on any atom is -0.493 e. The number of nitrogens with zero attached hydrogens (tertiary/aromatic N) is 1. The number of aliphatic carboxylic acids is 1. The van der Waals surface area contributed by atoms with Crippen molar-refractivity contribution in [2.24, 2.45) is 11.8 Å². The Labute approximate surface area is 200 Å². The summed E-state index contributed by atoms with van der Waals surface area (Å²) in [6.07, 6.45) is 7.26. The smallest absolute Gasteiger partial charge is 0.309 e. The number of carboxylic acids is 1. The number of likely N-dealkylation sites (tertiary alicyclic amines) is 1. The van der Waals surface area contributed by atoms with Crippen LogP contribution in [0.5, 0.6) is 5.75 Å². The van der Waals surface area contributed by atoms with Crippen molar-refractivity contribution < 1.29 is 14.6 Å². The Morgan fingerprint density at radius 1 is 1.00 bits per heavy atom. The highest BCUT2D eigenvalue weighted by Gasteiger charge is 2.32. The third kappa shape index (κ3) is 7.60. The van der Waals surface area contributed by atoms with Crippen LogP contribution in [0.1, 0.15) is 66.8 Å². The van der Waals surface area contributed by atoms with E-state index in [0.29, 0.717) is 19.0 Å². The van der Waals surface area contributed by atoms with E-state index in [-0.39, 0.29) is 5.92 Å². The fraction of sp³-hybridized carbons (Fsp3) is 0.552. The van der Waals surface area contributed by atoms with E-state index < -0.39 is 5.97 Å². The second kappa shape index (κ2) is 12.2. The normalized spacial score (nSPS) is 15.3. The average molecular weight is 452 g/mol. The molecule has 1 atom stereocenters. The van der Waals surface area contributed by atoms with Crippen LogP contribution in [0, 0.1) is 32.6 Å². The second-order valence-corrected chi connectivity index (χ2v) is 9.95. The number of hydrogen-bond acceptors (Lipinski definition) is 3. The van der Waals surface area contributed by atoms with Crippen LogP contribution in [0.15, 0.2) is 36.4 Å². The molecule has 2 aromatic rings. The van der Waals surface area contributed by atoms with Crippen molar-refractivity contribution in [3.8, 4) is 5.75 Å². The molecule has 33 heavy (non-hydrogen) atoms. The number of rotatable bonds is 13. The highest BCUT2D eigenvalue weighted by atomic mass is 16.5. The molecule has 1 aliphatic rings. The van der Waals surface area contributed by atoms with E-state index in [1.807, 2.05) is 0 Å². The zero-order chi connectivity index (χ0) is 23.8. The summed E-state index contributed by atoms with van der Waals surface area (Å²) in [7, 11) is 0. The Balaban J connectivity index is 1.44. The third-order valence-corrected chi connectivity index (χ3v) is 7.03. The van der Waals surface area contributed by atoms with Crippen LogP contribution in [0.2, 0.25) is 0 Å². The molecule has 0 bridgehead atoms. The van der Waals surface area contributed by atoms with Gasteiger partial charge in [0.15, 0.2) is 0 Å². The van der Waals surface area contributed by atoms with Gasteiger partial charge in [0.25, 0.3) is 0 Å². The minimum atomic E-state index is -0.683. The summed E-state index contributed by atoms with van der Waals surface area (Å²) >= 11 is 0. The number of hydrogen-bond donors (Lipinski definition) is 1. The van der Waals surface area contributed by atoms with Crippen molar-refractivity contribution in [2.75, 3.05) is 19.7 Å². The molecule has 0 aromatic heterocycles. The van der Waals surface area contributed by atoms with Crippen LogP contribution in [0.4, 0.5) is 0 Å². The Hall–Kier alpha value is -2.33. The molecule has 180 valence electrons. The van der Waals surface area contributed by atoms with Gasteiger partial charge in [-0.25, -0.2) is 0 Å². The maximum atomic E-state index is 11.0. The van der Waals surface area contributed by atoms with Gasteiger partial charge in [0.2, 0.25) is 0 Å². The van der Waals surface area contributed by atoms with Crippen LogP contribution in [-0.2, 0) is 17.8 Å². The first-order chi connectivity index (χ1) is 15.9. The summed E-state index contributed by atoms with van der Waals surface area (Å²) in [5.41, 5.74) is 6.59. The minimum absolute atomic E-state index is 0.204. The van der Waals surface area contributed by atoms with Gasteiger partial charge in [0.05, 0.1) is 12.5 Å². The average Bonchev–Trinajstić information content (AvgIpc) is 2.75. The molecule has 1 saturated heterocycles. The quantitative estimate of drug-likeness (QED) is 0.361. The van der Waals surface area contributed by atoms with Crippen LogP contribution in [0.3, 0.4) is 0 Å². The van der Waals surface area contributed by atoms with E-state index in [2.05, 4.69) is 69.0 Å². The molecular weight excluding hydrogens is 410 g/mol. The van der Waals surface area contributed by atoms with Gasteiger partial charge in [0, 0.05) is 19.6 Å². The Morgan fingerprint density at radius 3 is 2.36 bits per heavy atom. The lowest BCUT2D eigenvalue weighted by atomic mass is 9.89. The molecule has 3 rings (SSSR count). The summed E-state index contributed by atoms with van der Waals surface area (Å²) < 4.78 is 6.13. The van der Waals surface area contributed by atoms with Crippen molar-refractivity contribution in [3.05, 3.63) is 64.2 Å². The van der Waals surface area contributed by atoms with E-state index >= 15 is 0 Å². The van der Waals surface area contributed by atoms with Gasteiger partial charge in [-0.3, -0.25) is 9.69 Å². The summed E-state index contributed by atoms with van der Waals surface area (Å²) in [6.45, 7) is 11.6. The van der Waals surface area contributed by atoms with Gasteiger partial charge in [-0.2, -0.15) is 0 Å². The van der Waals surface area contributed by atoms with Crippen LogP contribution >= 0.6 is 0 Å². The molecule has 1 N–H and O–H groups in total. The number of benzene rings is 2. The summed E-state index contributed by atoms with van der Waals surface area (Å²) in [5.74, 6) is 0.789. The number of carboxylic acid groups (broad SMARTS) is 1. The first-order valence-electron chi connectivity index (χ1n) is 12.6. The summed E-state index contributed by atoms with van der Waals surface area (Å²) in [6, 6.07) is 13.3. The lowest BCUT2D eigenvalue weighted by Crippen LogP contribution is -2.49. The standard InChI is InChI=1S/C29H41NO3/c1-5-6-8-24(17-25-11-10-21(2)22(3)15-25)9-7-14-33-28-13-12-26(16-23(28)4)18-30-19-27(20-30)29(31)32/h10-13,15-16,24,27H,5-9,14,17-20H2,1-4H3,(H,31,32). The number of unbranched alkanes of at least 4 members (excludes halogenated alkanes) is 1. The number of aryl methyl sites for hydroxylation is 3. The lowest BCUT2D eigenvalue weighted by molar-refractivity contribution is -0.147. The lowest BCUT2D eigenvalue weighted by Gasteiger charge is -2.36. The molecule has 0 aliphatic carbocycles. The van der Waals surface area contributed by atoms with Gasteiger partial charge in [-0.1, -0.05) is 56.5 Å². The summed E-state index contributed by atoms with van der Waals surface area (Å²) in [4.78, 5) is 13.2. The maximum absolute atomic E-state index is 11.0. The molecular formula is C29H41NO3. The predicted octanol–water partition coefficient (Wildman–Crippen LogP) is 6.34. The Kier molecular flexibility index (Phi) is 9.37. The largest absolute Gasteiger partial charge is 0.493 e. The molecule has 1 aliphatic heterocycles. The van der Waals surface area contributed by atoms with E-state index in [1.54, 1.807) is 0 Å². The SMILES string of the molecule is CCCCC(CCCOc1ccc(CN2CC(C(=O)O)C2)cc1C)Cc1ccc(C)c(C)c1. The molecule has 4 nitrogen and oxygen atoms in total. The molecule has 0 radical (unpaired) electrons. The van der Waals surface area contributed by atoms with Crippen molar-refractivity contribution in [1.82, 2.24) is 4.90 Å². The molecule has 1 fully saturated rings. The first-order valence-corrected chi connectivity index (χ1v) is 12.6. The molecule has 0 saturated carbocycles. The number of carbonyl (C=O) groups is 1. The molecule has 1 heterocycles.